The summed E-state index contributed by atoms with van der Waals surface area (Å²) in [6.07, 6.45) is -0.200. The molecule has 0 saturated heterocycles. The van der Waals surface area contributed by atoms with Gasteiger partial charge in [-0.2, -0.15) is 0 Å². The lowest BCUT2D eigenvalue weighted by molar-refractivity contribution is 0.146. The Morgan fingerprint density at radius 3 is 2.62 bits per heavy atom. The Bertz CT molecular complexity index is 293. The highest BCUT2D eigenvalue weighted by Crippen LogP contribution is 2.25. The van der Waals surface area contributed by atoms with Gasteiger partial charge in [-0.1, -0.05) is 0 Å². The predicted molar refractivity (Wildman–Crippen MR) is 44.7 cm³/mol. The van der Waals surface area contributed by atoms with Gasteiger partial charge in [-0.15, -0.1) is 11.6 Å². The Morgan fingerprint density at radius 1 is 1.46 bits per heavy atom. The first-order valence-electron chi connectivity index (χ1n) is 3.61. The minimum Gasteiger partial charge on any atom is -0.392 e. The molecule has 13 heavy (non-hydrogen) atoms. The molecule has 1 aromatic heterocycles. The second kappa shape index (κ2) is 4.48. The quantitative estimate of drug-likeness (QED) is 0.772. The SMILES string of the molecule is OCc1c(CCl)cncc1C(F)F. The van der Waals surface area contributed by atoms with Gasteiger partial charge in [0, 0.05) is 23.8 Å². The summed E-state index contributed by atoms with van der Waals surface area (Å²) in [6, 6.07) is 0. The molecule has 0 aromatic carbocycles. The number of aliphatic hydroxyl groups excluding tert-OH is 1. The topological polar surface area (TPSA) is 33.1 Å². The molecule has 72 valence electrons. The Hall–Kier alpha value is -0.740. The van der Waals surface area contributed by atoms with Gasteiger partial charge < -0.3 is 5.11 Å². The van der Waals surface area contributed by atoms with Gasteiger partial charge in [0.05, 0.1) is 6.61 Å². The molecule has 1 rings (SSSR count). The van der Waals surface area contributed by atoms with Gasteiger partial charge in [-0.05, 0) is 11.1 Å². The summed E-state index contributed by atoms with van der Waals surface area (Å²) in [5.74, 6) is 0.0729. The van der Waals surface area contributed by atoms with E-state index in [1.807, 2.05) is 0 Å². The van der Waals surface area contributed by atoms with E-state index in [-0.39, 0.29) is 17.0 Å². The molecule has 0 radical (unpaired) electrons. The standard InChI is InChI=1S/C8H8ClF2NO/c9-1-5-2-12-3-6(8(10)11)7(5)4-13/h2-3,8,13H,1,4H2. The summed E-state index contributed by atoms with van der Waals surface area (Å²) in [4.78, 5) is 3.61. The van der Waals surface area contributed by atoms with Crippen molar-refractivity contribution < 1.29 is 13.9 Å². The van der Waals surface area contributed by atoms with E-state index >= 15 is 0 Å². The molecule has 1 aromatic rings. The minimum atomic E-state index is -2.63. The predicted octanol–water partition coefficient (Wildman–Crippen LogP) is 2.25. The van der Waals surface area contributed by atoms with Crippen LogP contribution in [0.3, 0.4) is 0 Å². The maximum absolute atomic E-state index is 12.3. The van der Waals surface area contributed by atoms with Crippen LogP contribution in [0.15, 0.2) is 12.4 Å². The number of hydrogen-bond donors (Lipinski definition) is 1. The molecular weight excluding hydrogens is 200 g/mol. The first-order valence-corrected chi connectivity index (χ1v) is 4.14. The van der Waals surface area contributed by atoms with Crippen molar-refractivity contribution in [1.82, 2.24) is 4.98 Å². The molecule has 0 atom stereocenters. The van der Waals surface area contributed by atoms with Crippen LogP contribution in [0.25, 0.3) is 0 Å². The van der Waals surface area contributed by atoms with Gasteiger partial charge in [0.2, 0.25) is 0 Å². The van der Waals surface area contributed by atoms with E-state index in [1.165, 1.54) is 6.20 Å². The first kappa shape index (κ1) is 10.3. The van der Waals surface area contributed by atoms with Crippen LogP contribution in [0.2, 0.25) is 0 Å². The average Bonchev–Trinajstić information content (AvgIpc) is 2.16. The van der Waals surface area contributed by atoms with Crippen LogP contribution in [0.1, 0.15) is 23.1 Å². The lowest BCUT2D eigenvalue weighted by Gasteiger charge is -2.09. The second-order valence-electron chi connectivity index (χ2n) is 2.46. The molecule has 0 saturated carbocycles. The van der Waals surface area contributed by atoms with Crippen LogP contribution in [0.5, 0.6) is 0 Å². The Kier molecular flexibility index (Phi) is 3.57. The second-order valence-corrected chi connectivity index (χ2v) is 2.73. The number of halogens is 3. The number of hydrogen-bond acceptors (Lipinski definition) is 2. The highest BCUT2D eigenvalue weighted by atomic mass is 35.5. The highest BCUT2D eigenvalue weighted by molar-refractivity contribution is 6.17. The van der Waals surface area contributed by atoms with Crippen molar-refractivity contribution in [3.8, 4) is 0 Å². The van der Waals surface area contributed by atoms with Gasteiger partial charge >= 0.3 is 0 Å². The summed E-state index contributed by atoms with van der Waals surface area (Å²) < 4.78 is 24.7. The first-order chi connectivity index (χ1) is 6.20. The Balaban J connectivity index is 3.19. The van der Waals surface area contributed by atoms with Crippen LogP contribution in [0.4, 0.5) is 8.78 Å². The van der Waals surface area contributed by atoms with E-state index in [4.69, 9.17) is 16.7 Å². The van der Waals surface area contributed by atoms with Crippen molar-refractivity contribution in [2.75, 3.05) is 0 Å². The summed E-state index contributed by atoms with van der Waals surface area (Å²) in [7, 11) is 0. The maximum atomic E-state index is 12.3. The monoisotopic (exact) mass is 207 g/mol. The molecule has 2 nitrogen and oxygen atoms in total. The molecule has 1 N–H and O–H groups in total. The molecule has 0 amide bonds. The van der Waals surface area contributed by atoms with Crippen molar-refractivity contribution in [2.45, 2.75) is 18.9 Å². The maximum Gasteiger partial charge on any atom is 0.265 e. The van der Waals surface area contributed by atoms with Crippen LogP contribution >= 0.6 is 11.6 Å². The highest BCUT2D eigenvalue weighted by Gasteiger charge is 2.15. The summed E-state index contributed by atoms with van der Waals surface area (Å²) in [5.41, 5.74) is 0.377. The largest absolute Gasteiger partial charge is 0.392 e. The van der Waals surface area contributed by atoms with Crippen molar-refractivity contribution in [3.63, 3.8) is 0 Å². The number of aliphatic hydroxyl groups is 1. The van der Waals surface area contributed by atoms with E-state index in [0.29, 0.717) is 5.56 Å². The van der Waals surface area contributed by atoms with Crippen molar-refractivity contribution in [2.24, 2.45) is 0 Å². The average molecular weight is 208 g/mol. The number of alkyl halides is 3. The van der Waals surface area contributed by atoms with E-state index in [9.17, 15) is 8.78 Å². The fourth-order valence-corrected chi connectivity index (χ4v) is 1.28. The normalized spacial score (nSPS) is 10.8. The third-order valence-electron chi connectivity index (χ3n) is 1.72. The van der Waals surface area contributed by atoms with E-state index < -0.39 is 13.0 Å². The molecule has 0 unspecified atom stereocenters. The molecule has 0 aliphatic carbocycles. The number of aromatic nitrogens is 1. The van der Waals surface area contributed by atoms with Gasteiger partial charge in [0.25, 0.3) is 6.43 Å². The zero-order valence-corrected chi connectivity index (χ0v) is 7.43. The van der Waals surface area contributed by atoms with Crippen LogP contribution in [0, 0.1) is 0 Å². The zero-order valence-electron chi connectivity index (χ0n) is 6.67. The van der Waals surface area contributed by atoms with Gasteiger partial charge in [0.15, 0.2) is 0 Å². The number of pyridine rings is 1. The smallest absolute Gasteiger partial charge is 0.265 e. The fourth-order valence-electron chi connectivity index (χ4n) is 1.04. The molecule has 0 aliphatic heterocycles. The van der Waals surface area contributed by atoms with Gasteiger partial charge in [-0.25, -0.2) is 8.78 Å². The molecule has 0 bridgehead atoms. The van der Waals surface area contributed by atoms with Crippen LogP contribution < -0.4 is 0 Å². The summed E-state index contributed by atoms with van der Waals surface area (Å²) in [6.45, 7) is -0.440. The zero-order chi connectivity index (χ0) is 9.84. The molecule has 0 fully saturated rings. The lowest BCUT2D eigenvalue weighted by atomic mass is 10.1. The fraction of sp³-hybridized carbons (Fsp3) is 0.375. The van der Waals surface area contributed by atoms with Crippen molar-refractivity contribution in [1.29, 1.82) is 0 Å². The summed E-state index contributed by atoms with van der Waals surface area (Å²) >= 11 is 5.49. The Morgan fingerprint density at radius 2 is 2.15 bits per heavy atom. The van der Waals surface area contributed by atoms with Crippen LogP contribution in [-0.4, -0.2) is 10.1 Å². The molecular formula is C8H8ClF2NO. The molecule has 1 heterocycles. The van der Waals surface area contributed by atoms with Crippen LogP contribution in [-0.2, 0) is 12.5 Å². The van der Waals surface area contributed by atoms with E-state index in [1.54, 1.807) is 0 Å². The van der Waals surface area contributed by atoms with E-state index in [0.717, 1.165) is 6.20 Å². The van der Waals surface area contributed by atoms with Gasteiger partial charge in [-0.3, -0.25) is 4.98 Å². The summed E-state index contributed by atoms with van der Waals surface area (Å²) in [5, 5.41) is 8.86. The third-order valence-corrected chi connectivity index (χ3v) is 2.01. The molecule has 5 heteroatoms. The van der Waals surface area contributed by atoms with Gasteiger partial charge in [0.1, 0.15) is 0 Å². The molecule has 0 spiro atoms. The minimum absolute atomic E-state index is 0.0729. The Labute approximate surface area is 79.2 Å². The number of nitrogens with zero attached hydrogens (tertiary/aromatic N) is 1. The lowest BCUT2D eigenvalue weighted by Crippen LogP contribution is -2.00. The third kappa shape index (κ3) is 2.14. The van der Waals surface area contributed by atoms with Crippen molar-refractivity contribution >= 4 is 11.6 Å². The number of rotatable bonds is 3. The van der Waals surface area contributed by atoms with Crippen molar-refractivity contribution in [3.05, 3.63) is 29.1 Å². The molecule has 0 aliphatic rings. The van der Waals surface area contributed by atoms with E-state index in [2.05, 4.69) is 4.98 Å².